The molecule has 1 N–H and O–H groups in total. The number of hydrogen-bond acceptors (Lipinski definition) is 3. The molecule has 1 aromatic heterocycles. The Morgan fingerprint density at radius 1 is 1.26 bits per heavy atom. The number of hydrogen-bond donors (Lipinski definition) is 1. The highest BCUT2D eigenvalue weighted by Crippen LogP contribution is 2.23. The van der Waals surface area contributed by atoms with E-state index >= 15 is 0 Å². The Hall–Kier alpha value is -2.24. The molecule has 0 spiro atoms. The maximum atomic E-state index is 13.4. The molecule has 0 amide bonds. The van der Waals surface area contributed by atoms with Gasteiger partial charge in [0.05, 0.1) is 0 Å². The molecule has 1 heterocycles. The predicted molar refractivity (Wildman–Crippen MR) is 64.6 cm³/mol. The normalized spacial score (nSPS) is 10.5. The Labute approximate surface area is 108 Å². The van der Waals surface area contributed by atoms with Gasteiger partial charge in [0, 0.05) is 30.7 Å². The molecule has 2 aromatic rings. The molecule has 0 bridgehead atoms. The van der Waals surface area contributed by atoms with E-state index in [1.807, 2.05) is 6.07 Å². The lowest BCUT2D eigenvalue weighted by molar-refractivity contribution is -0.0521. The number of pyridine rings is 1. The maximum absolute atomic E-state index is 13.4. The average molecular weight is 268 g/mol. The van der Waals surface area contributed by atoms with Crippen molar-refractivity contribution in [2.45, 2.75) is 13.2 Å². The van der Waals surface area contributed by atoms with Crippen molar-refractivity contribution in [1.29, 1.82) is 0 Å². The number of ether oxygens (including phenoxy) is 1. The van der Waals surface area contributed by atoms with Gasteiger partial charge in [-0.1, -0.05) is 6.07 Å². The molecule has 0 aliphatic carbocycles. The van der Waals surface area contributed by atoms with Crippen LogP contribution in [0.4, 0.5) is 18.9 Å². The van der Waals surface area contributed by atoms with Crippen molar-refractivity contribution < 1.29 is 17.9 Å². The summed E-state index contributed by atoms with van der Waals surface area (Å²) in [6.45, 7) is -2.58. The summed E-state index contributed by atoms with van der Waals surface area (Å²) in [5.41, 5.74) is 1.40. The van der Waals surface area contributed by atoms with E-state index in [-0.39, 0.29) is 0 Å². The Kier molecular flexibility index (Phi) is 4.22. The van der Waals surface area contributed by atoms with Crippen molar-refractivity contribution in [3.63, 3.8) is 0 Å². The fraction of sp³-hybridized carbons (Fsp3) is 0.154. The second-order valence-corrected chi connectivity index (χ2v) is 3.74. The molecule has 1 aromatic carbocycles. The first-order chi connectivity index (χ1) is 9.15. The molecule has 0 aliphatic rings. The van der Waals surface area contributed by atoms with Gasteiger partial charge in [-0.3, -0.25) is 4.98 Å². The van der Waals surface area contributed by atoms with Gasteiger partial charge >= 0.3 is 6.61 Å². The van der Waals surface area contributed by atoms with Gasteiger partial charge in [0.2, 0.25) is 0 Å². The molecule has 6 heteroatoms. The topological polar surface area (TPSA) is 34.2 Å². The molecule has 0 atom stereocenters. The lowest BCUT2D eigenvalue weighted by atomic mass is 10.2. The first-order valence-corrected chi connectivity index (χ1v) is 5.52. The lowest BCUT2D eigenvalue weighted by Gasteiger charge is -2.09. The first-order valence-electron chi connectivity index (χ1n) is 5.52. The van der Waals surface area contributed by atoms with Crippen molar-refractivity contribution in [3.8, 4) is 5.75 Å². The van der Waals surface area contributed by atoms with Crippen LogP contribution in [0.3, 0.4) is 0 Å². The van der Waals surface area contributed by atoms with E-state index in [1.54, 1.807) is 18.5 Å². The van der Waals surface area contributed by atoms with Gasteiger partial charge in [-0.25, -0.2) is 4.39 Å². The molecule has 0 radical (unpaired) electrons. The molecule has 2 rings (SSSR count). The Morgan fingerprint density at radius 2 is 2.11 bits per heavy atom. The monoisotopic (exact) mass is 268 g/mol. The summed E-state index contributed by atoms with van der Waals surface area (Å²) in [5, 5.41) is 2.96. The molecule has 0 fully saturated rings. The molecular weight excluding hydrogens is 257 g/mol. The van der Waals surface area contributed by atoms with E-state index < -0.39 is 18.2 Å². The molecule has 100 valence electrons. The standard InChI is InChI=1S/C13H11F3N2O/c14-11-6-10(3-4-12(11)19-13(15)16)18-8-9-2-1-5-17-7-9/h1-7,13,18H,8H2. The fourth-order valence-electron chi connectivity index (χ4n) is 1.51. The van der Waals surface area contributed by atoms with Crippen LogP contribution in [0, 0.1) is 5.82 Å². The summed E-state index contributed by atoms with van der Waals surface area (Å²) in [6, 6.07) is 7.39. The first kappa shape index (κ1) is 13.2. The second-order valence-electron chi connectivity index (χ2n) is 3.74. The minimum absolute atomic E-state index is 0.461. The minimum atomic E-state index is -3.04. The Morgan fingerprint density at radius 3 is 2.74 bits per heavy atom. The number of nitrogens with one attached hydrogen (secondary N) is 1. The zero-order chi connectivity index (χ0) is 13.7. The van der Waals surface area contributed by atoms with Crippen molar-refractivity contribution in [2.24, 2.45) is 0 Å². The number of alkyl halides is 2. The maximum Gasteiger partial charge on any atom is 0.387 e. The highest BCUT2D eigenvalue weighted by atomic mass is 19.3. The van der Waals surface area contributed by atoms with Gasteiger partial charge in [-0.2, -0.15) is 8.78 Å². The summed E-state index contributed by atoms with van der Waals surface area (Å²) in [4.78, 5) is 3.94. The third-order valence-electron chi connectivity index (χ3n) is 2.37. The number of anilines is 1. The van der Waals surface area contributed by atoms with Gasteiger partial charge in [0.25, 0.3) is 0 Å². The van der Waals surface area contributed by atoms with Crippen LogP contribution >= 0.6 is 0 Å². The summed E-state index contributed by atoms with van der Waals surface area (Å²) >= 11 is 0. The number of nitrogens with zero attached hydrogens (tertiary/aromatic N) is 1. The van der Waals surface area contributed by atoms with Crippen molar-refractivity contribution in [3.05, 3.63) is 54.1 Å². The largest absolute Gasteiger partial charge is 0.432 e. The second kappa shape index (κ2) is 6.08. The summed E-state index contributed by atoms with van der Waals surface area (Å²) in [6.07, 6.45) is 3.33. The number of rotatable bonds is 5. The zero-order valence-electron chi connectivity index (χ0n) is 9.82. The summed E-state index contributed by atoms with van der Waals surface area (Å²) < 4.78 is 41.4. The van der Waals surface area contributed by atoms with Gasteiger partial charge < -0.3 is 10.1 Å². The van der Waals surface area contributed by atoms with E-state index in [1.165, 1.54) is 6.07 Å². The van der Waals surface area contributed by atoms with Gasteiger partial charge in [0.15, 0.2) is 11.6 Å². The van der Waals surface area contributed by atoms with Gasteiger partial charge in [-0.05, 0) is 23.8 Å². The molecule has 3 nitrogen and oxygen atoms in total. The van der Waals surface area contributed by atoms with Crippen LogP contribution in [-0.2, 0) is 6.54 Å². The lowest BCUT2D eigenvalue weighted by Crippen LogP contribution is -2.05. The van der Waals surface area contributed by atoms with Crippen molar-refractivity contribution >= 4 is 5.69 Å². The molecule has 0 saturated carbocycles. The minimum Gasteiger partial charge on any atom is -0.432 e. The van der Waals surface area contributed by atoms with Gasteiger partial charge in [-0.15, -0.1) is 0 Å². The quantitative estimate of drug-likeness (QED) is 0.902. The van der Waals surface area contributed by atoms with E-state index in [0.717, 1.165) is 17.7 Å². The van der Waals surface area contributed by atoms with Crippen LogP contribution in [0.2, 0.25) is 0 Å². The molecule has 19 heavy (non-hydrogen) atoms. The van der Waals surface area contributed by atoms with Crippen molar-refractivity contribution in [1.82, 2.24) is 4.98 Å². The smallest absolute Gasteiger partial charge is 0.387 e. The van der Waals surface area contributed by atoms with E-state index in [2.05, 4.69) is 15.0 Å². The van der Waals surface area contributed by atoms with E-state index in [4.69, 9.17) is 0 Å². The molecule has 0 saturated heterocycles. The molecular formula is C13H11F3N2O. The van der Waals surface area contributed by atoms with Crippen LogP contribution in [0.15, 0.2) is 42.7 Å². The molecule has 0 unspecified atom stereocenters. The highest BCUT2D eigenvalue weighted by Gasteiger charge is 2.10. The van der Waals surface area contributed by atoms with Crippen LogP contribution < -0.4 is 10.1 Å². The third-order valence-corrected chi connectivity index (χ3v) is 2.37. The number of benzene rings is 1. The van der Waals surface area contributed by atoms with Crippen LogP contribution in [0.25, 0.3) is 0 Å². The number of halogens is 3. The van der Waals surface area contributed by atoms with Crippen LogP contribution in [-0.4, -0.2) is 11.6 Å². The van der Waals surface area contributed by atoms with Crippen molar-refractivity contribution in [2.75, 3.05) is 5.32 Å². The predicted octanol–water partition coefficient (Wildman–Crippen LogP) is 3.43. The third kappa shape index (κ3) is 3.87. The summed E-state index contributed by atoms with van der Waals surface area (Å²) in [7, 11) is 0. The number of aromatic nitrogens is 1. The van der Waals surface area contributed by atoms with Crippen LogP contribution in [0.1, 0.15) is 5.56 Å². The fourth-order valence-corrected chi connectivity index (χ4v) is 1.51. The van der Waals surface area contributed by atoms with E-state index in [9.17, 15) is 13.2 Å². The average Bonchev–Trinajstić information content (AvgIpc) is 2.40. The molecule has 0 aliphatic heterocycles. The van der Waals surface area contributed by atoms with Gasteiger partial charge in [0.1, 0.15) is 0 Å². The summed E-state index contributed by atoms with van der Waals surface area (Å²) in [5.74, 6) is -1.31. The highest BCUT2D eigenvalue weighted by molar-refractivity contribution is 5.47. The van der Waals surface area contributed by atoms with E-state index in [0.29, 0.717) is 12.2 Å². The Bertz CT molecular complexity index is 535. The van der Waals surface area contributed by atoms with Crippen LogP contribution in [0.5, 0.6) is 5.75 Å². The SMILES string of the molecule is Fc1cc(NCc2cccnc2)ccc1OC(F)F. The Balaban J connectivity index is 2.00. The zero-order valence-corrected chi connectivity index (χ0v) is 9.82.